The highest BCUT2D eigenvalue weighted by atomic mass is 16.3. The van der Waals surface area contributed by atoms with Crippen LogP contribution in [0.15, 0.2) is 59.3 Å². The van der Waals surface area contributed by atoms with Gasteiger partial charge in [0.1, 0.15) is 6.26 Å². The number of hydrogen-bond acceptors (Lipinski definition) is 4. The number of nitrogens with zero attached hydrogens (tertiary/aromatic N) is 1. The number of rotatable bonds is 5. The van der Waals surface area contributed by atoms with Crippen molar-refractivity contribution in [3.63, 3.8) is 0 Å². The summed E-state index contributed by atoms with van der Waals surface area (Å²) in [6.07, 6.45) is 3.22. The number of aliphatic hydroxyl groups excluding tert-OH is 1. The lowest BCUT2D eigenvalue weighted by Gasteiger charge is -2.11. The quantitative estimate of drug-likeness (QED) is 0.752. The summed E-state index contributed by atoms with van der Waals surface area (Å²) in [6, 6.07) is 14.0. The number of benzene rings is 2. The van der Waals surface area contributed by atoms with Gasteiger partial charge in [-0.3, -0.25) is 0 Å². The van der Waals surface area contributed by atoms with Crippen LogP contribution in [0.25, 0.3) is 11.5 Å². The Balaban J connectivity index is 1.75. The molecule has 22 heavy (non-hydrogen) atoms. The molecule has 0 unspecified atom stereocenters. The zero-order valence-corrected chi connectivity index (χ0v) is 12.4. The first kappa shape index (κ1) is 14.4. The number of oxazole rings is 1. The summed E-state index contributed by atoms with van der Waals surface area (Å²) in [5.41, 5.74) is 5.27. The van der Waals surface area contributed by atoms with E-state index < -0.39 is 0 Å². The van der Waals surface area contributed by atoms with E-state index in [4.69, 9.17) is 9.52 Å². The predicted octanol–water partition coefficient (Wildman–Crippen LogP) is 3.75. The van der Waals surface area contributed by atoms with Crippen molar-refractivity contribution in [2.75, 3.05) is 5.32 Å². The second-order valence-electron chi connectivity index (χ2n) is 5.20. The molecule has 2 N–H and O–H groups in total. The Morgan fingerprint density at radius 1 is 1.09 bits per heavy atom. The minimum absolute atomic E-state index is 0.0744. The van der Waals surface area contributed by atoms with E-state index in [0.29, 0.717) is 5.89 Å². The molecular weight excluding hydrogens is 276 g/mol. The fraction of sp³-hybridized carbons (Fsp3) is 0.167. The molecule has 0 fully saturated rings. The van der Waals surface area contributed by atoms with Crippen molar-refractivity contribution in [3.8, 4) is 11.5 Å². The van der Waals surface area contributed by atoms with Gasteiger partial charge in [0.15, 0.2) is 0 Å². The van der Waals surface area contributed by atoms with Gasteiger partial charge in [-0.25, -0.2) is 4.98 Å². The van der Waals surface area contributed by atoms with Crippen molar-refractivity contribution in [3.05, 3.63) is 71.6 Å². The van der Waals surface area contributed by atoms with Crippen LogP contribution in [0.4, 0.5) is 5.69 Å². The minimum Gasteiger partial charge on any atom is -0.445 e. The zero-order chi connectivity index (χ0) is 15.4. The van der Waals surface area contributed by atoms with Crippen molar-refractivity contribution in [2.24, 2.45) is 0 Å². The Hall–Kier alpha value is -2.59. The summed E-state index contributed by atoms with van der Waals surface area (Å²) in [7, 11) is 0. The van der Waals surface area contributed by atoms with E-state index in [2.05, 4.69) is 23.3 Å². The third-order valence-electron chi connectivity index (χ3n) is 3.61. The van der Waals surface area contributed by atoms with Crippen LogP contribution in [-0.2, 0) is 13.2 Å². The van der Waals surface area contributed by atoms with E-state index in [0.717, 1.165) is 28.9 Å². The van der Waals surface area contributed by atoms with Gasteiger partial charge in [0.05, 0.1) is 12.8 Å². The van der Waals surface area contributed by atoms with Crippen LogP contribution >= 0.6 is 0 Å². The normalized spacial score (nSPS) is 10.6. The molecule has 0 spiro atoms. The molecule has 1 aromatic heterocycles. The lowest BCUT2D eigenvalue weighted by molar-refractivity contribution is 0.282. The Morgan fingerprint density at radius 2 is 1.86 bits per heavy atom. The molecule has 0 radical (unpaired) electrons. The molecule has 4 nitrogen and oxygen atoms in total. The third-order valence-corrected chi connectivity index (χ3v) is 3.61. The Morgan fingerprint density at radius 3 is 2.55 bits per heavy atom. The minimum atomic E-state index is 0.0744. The molecule has 0 atom stereocenters. The molecule has 3 rings (SSSR count). The van der Waals surface area contributed by atoms with E-state index in [-0.39, 0.29) is 6.61 Å². The van der Waals surface area contributed by atoms with E-state index in [1.807, 2.05) is 36.4 Å². The summed E-state index contributed by atoms with van der Waals surface area (Å²) >= 11 is 0. The van der Waals surface area contributed by atoms with Crippen molar-refractivity contribution in [1.29, 1.82) is 0 Å². The number of hydrogen-bond donors (Lipinski definition) is 2. The van der Waals surface area contributed by atoms with Gasteiger partial charge in [0.25, 0.3) is 0 Å². The van der Waals surface area contributed by atoms with Gasteiger partial charge in [-0.15, -0.1) is 0 Å². The van der Waals surface area contributed by atoms with Crippen molar-refractivity contribution >= 4 is 5.69 Å². The molecule has 0 saturated heterocycles. The molecule has 1 heterocycles. The maximum atomic E-state index is 9.06. The number of anilines is 1. The number of aromatic nitrogens is 1. The maximum absolute atomic E-state index is 9.06. The summed E-state index contributed by atoms with van der Waals surface area (Å²) in [4.78, 5) is 4.18. The molecule has 0 aliphatic rings. The fourth-order valence-corrected chi connectivity index (χ4v) is 2.27. The molecule has 0 amide bonds. The smallest absolute Gasteiger partial charge is 0.225 e. The van der Waals surface area contributed by atoms with Gasteiger partial charge >= 0.3 is 0 Å². The van der Waals surface area contributed by atoms with Gasteiger partial charge in [0.2, 0.25) is 5.89 Å². The number of nitrogens with one attached hydrogen (secondary N) is 1. The van der Waals surface area contributed by atoms with Crippen LogP contribution in [0.1, 0.15) is 16.7 Å². The fourth-order valence-electron chi connectivity index (χ4n) is 2.27. The summed E-state index contributed by atoms with van der Waals surface area (Å²) in [5, 5.41) is 12.5. The van der Waals surface area contributed by atoms with Crippen LogP contribution < -0.4 is 5.32 Å². The van der Waals surface area contributed by atoms with E-state index in [1.54, 1.807) is 12.5 Å². The first-order chi connectivity index (χ1) is 10.8. The highest BCUT2D eigenvalue weighted by molar-refractivity contribution is 5.64. The van der Waals surface area contributed by atoms with Crippen LogP contribution in [-0.4, -0.2) is 10.1 Å². The first-order valence-corrected chi connectivity index (χ1v) is 7.19. The van der Waals surface area contributed by atoms with E-state index >= 15 is 0 Å². The van der Waals surface area contributed by atoms with Gasteiger partial charge in [0, 0.05) is 17.8 Å². The SMILES string of the molecule is Cc1ccc(-c2ncco2)cc1NCc1ccc(CO)cc1. The van der Waals surface area contributed by atoms with Crippen molar-refractivity contribution in [2.45, 2.75) is 20.1 Å². The van der Waals surface area contributed by atoms with Crippen molar-refractivity contribution in [1.82, 2.24) is 4.98 Å². The molecule has 4 heteroatoms. The summed E-state index contributed by atoms with van der Waals surface area (Å²) in [6.45, 7) is 2.86. The topological polar surface area (TPSA) is 58.3 Å². The highest BCUT2D eigenvalue weighted by Crippen LogP contribution is 2.24. The summed E-state index contributed by atoms with van der Waals surface area (Å²) < 4.78 is 5.34. The number of aryl methyl sites for hydroxylation is 1. The molecule has 0 bridgehead atoms. The molecule has 2 aromatic carbocycles. The van der Waals surface area contributed by atoms with Gasteiger partial charge < -0.3 is 14.8 Å². The van der Waals surface area contributed by atoms with Crippen LogP contribution in [0.5, 0.6) is 0 Å². The number of aliphatic hydroxyl groups is 1. The molecule has 0 saturated carbocycles. The van der Waals surface area contributed by atoms with E-state index in [1.165, 1.54) is 5.56 Å². The highest BCUT2D eigenvalue weighted by Gasteiger charge is 2.06. The maximum Gasteiger partial charge on any atom is 0.225 e. The Bertz CT molecular complexity index is 734. The molecule has 3 aromatic rings. The second kappa shape index (κ2) is 6.45. The standard InChI is InChI=1S/C18H18N2O2/c1-13-2-7-16(18-19-8-9-22-18)10-17(13)20-11-14-3-5-15(12-21)6-4-14/h2-10,20-21H,11-12H2,1H3. The molecular formula is C18H18N2O2. The lowest BCUT2D eigenvalue weighted by atomic mass is 10.1. The average molecular weight is 294 g/mol. The monoisotopic (exact) mass is 294 g/mol. The third kappa shape index (κ3) is 3.18. The van der Waals surface area contributed by atoms with Gasteiger partial charge in [-0.2, -0.15) is 0 Å². The van der Waals surface area contributed by atoms with Crippen molar-refractivity contribution < 1.29 is 9.52 Å². The van der Waals surface area contributed by atoms with Gasteiger partial charge in [-0.05, 0) is 35.7 Å². The Labute approximate surface area is 129 Å². The van der Waals surface area contributed by atoms with Crippen LogP contribution in [0.3, 0.4) is 0 Å². The average Bonchev–Trinajstić information content (AvgIpc) is 3.09. The second-order valence-corrected chi connectivity index (χ2v) is 5.20. The van der Waals surface area contributed by atoms with Crippen LogP contribution in [0, 0.1) is 6.92 Å². The predicted molar refractivity (Wildman–Crippen MR) is 86.4 cm³/mol. The molecule has 0 aliphatic heterocycles. The molecule has 112 valence electrons. The largest absolute Gasteiger partial charge is 0.445 e. The summed E-state index contributed by atoms with van der Waals surface area (Å²) in [5.74, 6) is 0.621. The zero-order valence-electron chi connectivity index (χ0n) is 12.4. The Kier molecular flexibility index (Phi) is 4.21. The first-order valence-electron chi connectivity index (χ1n) is 7.19. The van der Waals surface area contributed by atoms with Crippen LogP contribution in [0.2, 0.25) is 0 Å². The van der Waals surface area contributed by atoms with E-state index in [9.17, 15) is 0 Å². The molecule has 0 aliphatic carbocycles. The van der Waals surface area contributed by atoms with Gasteiger partial charge in [-0.1, -0.05) is 30.3 Å². The lowest BCUT2D eigenvalue weighted by Crippen LogP contribution is -2.01.